The third kappa shape index (κ3) is 4.07. The molecule has 0 spiro atoms. The summed E-state index contributed by atoms with van der Waals surface area (Å²) in [6.07, 6.45) is 2.02. The highest BCUT2D eigenvalue weighted by Crippen LogP contribution is 2.20. The minimum Gasteiger partial charge on any atom is -0.508 e. The summed E-state index contributed by atoms with van der Waals surface area (Å²) in [6.45, 7) is 3.19. The predicted octanol–water partition coefficient (Wildman–Crippen LogP) is 3.59. The summed E-state index contributed by atoms with van der Waals surface area (Å²) in [6, 6.07) is 14.1. The van der Waals surface area contributed by atoms with Crippen molar-refractivity contribution in [3.63, 3.8) is 0 Å². The van der Waals surface area contributed by atoms with Gasteiger partial charge in [-0.15, -0.1) is 0 Å². The first kappa shape index (κ1) is 18.3. The molecule has 2 heterocycles. The smallest absolute Gasteiger partial charge is 0.256 e. The van der Waals surface area contributed by atoms with Crippen molar-refractivity contribution < 1.29 is 19.1 Å². The van der Waals surface area contributed by atoms with Crippen LogP contribution in [0.5, 0.6) is 5.75 Å². The van der Waals surface area contributed by atoms with Crippen LogP contribution in [0.1, 0.15) is 28.8 Å². The second kappa shape index (κ2) is 7.86. The van der Waals surface area contributed by atoms with Gasteiger partial charge >= 0.3 is 0 Å². The van der Waals surface area contributed by atoms with E-state index in [1.54, 1.807) is 18.2 Å². The number of aryl methyl sites for hydroxylation is 1. The Morgan fingerprint density at radius 2 is 2.04 bits per heavy atom. The number of fused-ring (bicyclic) bond motifs is 1. The zero-order valence-corrected chi connectivity index (χ0v) is 15.6. The maximum Gasteiger partial charge on any atom is 0.256 e. The van der Waals surface area contributed by atoms with Gasteiger partial charge in [0.05, 0.1) is 11.8 Å². The fourth-order valence-electron chi connectivity index (χ4n) is 3.20. The molecule has 2 aromatic carbocycles. The summed E-state index contributed by atoms with van der Waals surface area (Å²) in [4.78, 5) is 17.4. The van der Waals surface area contributed by atoms with E-state index in [0.29, 0.717) is 28.8 Å². The van der Waals surface area contributed by atoms with Gasteiger partial charge in [-0.25, -0.2) is 4.99 Å². The van der Waals surface area contributed by atoms with Crippen LogP contribution in [0, 0.1) is 6.92 Å². The first-order valence-electron chi connectivity index (χ1n) is 9.36. The van der Waals surface area contributed by atoms with Crippen LogP contribution in [0.4, 0.5) is 5.69 Å². The van der Waals surface area contributed by atoms with E-state index < -0.39 is 0 Å². The quantitative estimate of drug-likeness (QED) is 0.727. The van der Waals surface area contributed by atoms with Crippen LogP contribution in [-0.2, 0) is 4.74 Å². The van der Waals surface area contributed by atoms with Gasteiger partial charge in [0.15, 0.2) is 0 Å². The molecule has 1 aliphatic heterocycles. The molecule has 28 heavy (non-hydrogen) atoms. The third-order valence-electron chi connectivity index (χ3n) is 4.76. The van der Waals surface area contributed by atoms with E-state index in [2.05, 4.69) is 10.3 Å². The Labute approximate surface area is 162 Å². The van der Waals surface area contributed by atoms with Crippen LogP contribution in [0.2, 0.25) is 0 Å². The summed E-state index contributed by atoms with van der Waals surface area (Å²) in [5.41, 5.74) is 2.81. The molecule has 0 saturated carbocycles. The van der Waals surface area contributed by atoms with Crippen molar-refractivity contribution in [2.75, 3.05) is 13.2 Å². The van der Waals surface area contributed by atoms with E-state index in [4.69, 9.17) is 9.15 Å². The standard InChI is InChI=1S/C22H22N2O4/c1-14-4-7-16(8-5-14)24-22-19(21(26)23-13-18-3-2-10-27-18)11-15-6-9-17(25)12-20(15)28-22/h4-9,11-12,18,25H,2-3,10,13H2,1H3,(H,23,26)/t18-/m1/s1. The molecule has 4 rings (SSSR count). The number of carbonyl (C=O) groups is 1. The Morgan fingerprint density at radius 1 is 1.21 bits per heavy atom. The van der Waals surface area contributed by atoms with Crippen LogP contribution < -0.4 is 10.9 Å². The molecule has 6 nitrogen and oxygen atoms in total. The molecular weight excluding hydrogens is 356 g/mol. The van der Waals surface area contributed by atoms with Gasteiger partial charge in [0, 0.05) is 24.6 Å². The second-order valence-corrected chi connectivity index (χ2v) is 6.98. The van der Waals surface area contributed by atoms with Crippen molar-refractivity contribution in [1.82, 2.24) is 5.32 Å². The number of phenolic OH excluding ortho intramolecular Hbond substituents is 1. The van der Waals surface area contributed by atoms with Crippen LogP contribution in [-0.4, -0.2) is 30.3 Å². The van der Waals surface area contributed by atoms with Crippen molar-refractivity contribution in [2.45, 2.75) is 25.9 Å². The Kier molecular flexibility index (Phi) is 5.12. The minimum absolute atomic E-state index is 0.0516. The third-order valence-corrected chi connectivity index (χ3v) is 4.76. The zero-order chi connectivity index (χ0) is 19.5. The highest BCUT2D eigenvalue weighted by atomic mass is 16.5. The van der Waals surface area contributed by atoms with Gasteiger partial charge in [-0.1, -0.05) is 17.7 Å². The van der Waals surface area contributed by atoms with Crippen molar-refractivity contribution >= 4 is 22.6 Å². The van der Waals surface area contributed by atoms with Crippen molar-refractivity contribution in [1.29, 1.82) is 0 Å². The second-order valence-electron chi connectivity index (χ2n) is 6.98. The molecule has 1 fully saturated rings. The molecule has 0 radical (unpaired) electrons. The van der Waals surface area contributed by atoms with Crippen LogP contribution in [0.15, 0.2) is 57.9 Å². The number of aromatic hydroxyl groups is 1. The van der Waals surface area contributed by atoms with Gasteiger partial charge in [-0.05, 0) is 50.1 Å². The molecule has 0 unspecified atom stereocenters. The SMILES string of the molecule is Cc1ccc(N=c2oc3cc(O)ccc3cc2C(=O)NC[C@H]2CCCO2)cc1. The normalized spacial score (nSPS) is 17.2. The van der Waals surface area contributed by atoms with Gasteiger partial charge in [0.2, 0.25) is 5.55 Å². The fraction of sp³-hybridized carbons (Fsp3) is 0.273. The minimum atomic E-state index is -0.264. The highest BCUT2D eigenvalue weighted by Gasteiger charge is 2.18. The Bertz CT molecular complexity index is 1060. The first-order chi connectivity index (χ1) is 13.6. The number of benzene rings is 2. The largest absolute Gasteiger partial charge is 0.508 e. The van der Waals surface area contributed by atoms with Gasteiger partial charge < -0.3 is 19.6 Å². The monoisotopic (exact) mass is 378 g/mol. The number of hydrogen-bond acceptors (Lipinski definition) is 5. The molecule has 3 aromatic rings. The zero-order valence-electron chi connectivity index (χ0n) is 15.6. The Hall–Kier alpha value is -3.12. The number of ether oxygens (including phenoxy) is 1. The average molecular weight is 378 g/mol. The lowest BCUT2D eigenvalue weighted by Gasteiger charge is -2.11. The van der Waals surface area contributed by atoms with Crippen LogP contribution in [0.25, 0.3) is 11.0 Å². The molecule has 1 aromatic heterocycles. The molecule has 6 heteroatoms. The molecule has 1 saturated heterocycles. The van der Waals surface area contributed by atoms with Crippen LogP contribution >= 0.6 is 0 Å². The summed E-state index contributed by atoms with van der Waals surface area (Å²) in [7, 11) is 0. The van der Waals surface area contributed by atoms with E-state index in [1.165, 1.54) is 6.07 Å². The lowest BCUT2D eigenvalue weighted by atomic mass is 10.1. The van der Waals surface area contributed by atoms with E-state index in [9.17, 15) is 9.90 Å². The van der Waals surface area contributed by atoms with Gasteiger partial charge in [0.25, 0.3) is 5.91 Å². The molecule has 1 atom stereocenters. The molecule has 0 bridgehead atoms. The summed E-state index contributed by atoms with van der Waals surface area (Å²) in [5, 5.41) is 13.4. The summed E-state index contributed by atoms with van der Waals surface area (Å²) >= 11 is 0. The van der Waals surface area contributed by atoms with Crippen LogP contribution in [0.3, 0.4) is 0 Å². The Morgan fingerprint density at radius 3 is 2.79 bits per heavy atom. The predicted molar refractivity (Wildman–Crippen MR) is 106 cm³/mol. The average Bonchev–Trinajstić information content (AvgIpc) is 3.21. The molecule has 1 amide bonds. The van der Waals surface area contributed by atoms with Crippen molar-refractivity contribution in [3.05, 3.63) is 65.2 Å². The Balaban J connectivity index is 1.74. The number of phenols is 1. The number of nitrogens with zero attached hydrogens (tertiary/aromatic N) is 1. The molecule has 144 valence electrons. The van der Waals surface area contributed by atoms with E-state index in [1.807, 2.05) is 31.2 Å². The molecule has 0 aliphatic carbocycles. The summed E-state index contributed by atoms with van der Waals surface area (Å²) < 4.78 is 11.5. The number of rotatable bonds is 4. The van der Waals surface area contributed by atoms with Gasteiger partial charge in [0.1, 0.15) is 16.9 Å². The van der Waals surface area contributed by atoms with Crippen molar-refractivity contribution in [3.8, 4) is 5.75 Å². The van der Waals surface area contributed by atoms with Gasteiger partial charge in [-0.3, -0.25) is 4.79 Å². The number of nitrogens with one attached hydrogen (secondary N) is 1. The first-order valence-corrected chi connectivity index (χ1v) is 9.36. The maximum atomic E-state index is 12.8. The van der Waals surface area contributed by atoms with E-state index >= 15 is 0 Å². The highest BCUT2D eigenvalue weighted by molar-refractivity contribution is 5.96. The summed E-state index contributed by atoms with van der Waals surface area (Å²) in [5.74, 6) is -0.173. The maximum absolute atomic E-state index is 12.8. The molecule has 1 aliphatic rings. The fourth-order valence-corrected chi connectivity index (χ4v) is 3.20. The molecule has 2 N–H and O–H groups in total. The number of carbonyl (C=O) groups excluding carboxylic acids is 1. The van der Waals surface area contributed by atoms with E-state index in [0.717, 1.165) is 25.0 Å². The number of amides is 1. The van der Waals surface area contributed by atoms with E-state index in [-0.39, 0.29) is 23.3 Å². The van der Waals surface area contributed by atoms with Crippen molar-refractivity contribution in [2.24, 2.45) is 4.99 Å². The topological polar surface area (TPSA) is 84.1 Å². The molecular formula is C22H22N2O4. The lowest BCUT2D eigenvalue weighted by Crippen LogP contribution is -2.34. The van der Waals surface area contributed by atoms with Gasteiger partial charge in [-0.2, -0.15) is 0 Å². The lowest BCUT2D eigenvalue weighted by molar-refractivity contribution is 0.0854. The number of hydrogen-bond donors (Lipinski definition) is 2.